The molecule has 16 heavy (non-hydrogen) atoms. The van der Waals surface area contributed by atoms with E-state index in [0.29, 0.717) is 10.7 Å². The van der Waals surface area contributed by atoms with Gasteiger partial charge in [0.2, 0.25) is 0 Å². The first-order chi connectivity index (χ1) is 7.59. The number of anilines is 3. The van der Waals surface area contributed by atoms with Crippen LogP contribution in [0.25, 0.3) is 0 Å². The summed E-state index contributed by atoms with van der Waals surface area (Å²) in [4.78, 5) is 5.13. The number of halogens is 1. The van der Waals surface area contributed by atoms with Crippen LogP contribution in [0.4, 0.5) is 17.2 Å². The van der Waals surface area contributed by atoms with Crippen molar-refractivity contribution in [3.05, 3.63) is 41.0 Å². The molecule has 1 aromatic carbocycles. The average Bonchev–Trinajstić information content (AvgIpc) is 2.75. The normalized spacial score (nSPS) is 10.4. The van der Waals surface area contributed by atoms with Crippen LogP contribution >= 0.6 is 11.6 Å². The van der Waals surface area contributed by atoms with E-state index < -0.39 is 0 Å². The number of benzene rings is 1. The minimum absolute atomic E-state index is 0.674. The lowest BCUT2D eigenvalue weighted by atomic mass is 10.2. The van der Waals surface area contributed by atoms with Gasteiger partial charge >= 0.3 is 0 Å². The molecule has 0 aliphatic carbocycles. The monoisotopic (exact) mass is 235 g/mol. The molecular formula is C12H14ClN3. The molecule has 0 saturated heterocycles. The van der Waals surface area contributed by atoms with Gasteiger partial charge in [0.15, 0.2) is 0 Å². The highest BCUT2D eigenvalue weighted by molar-refractivity contribution is 6.31. The van der Waals surface area contributed by atoms with Gasteiger partial charge in [-0.2, -0.15) is 0 Å². The third kappa shape index (κ3) is 1.86. The zero-order valence-electron chi connectivity index (χ0n) is 9.29. The number of hydrogen-bond acceptors (Lipinski definition) is 2. The average molecular weight is 236 g/mol. The van der Waals surface area contributed by atoms with Crippen LogP contribution in [0.3, 0.4) is 0 Å². The molecule has 0 radical (unpaired) electrons. The van der Waals surface area contributed by atoms with Crippen LogP contribution in [0.2, 0.25) is 5.02 Å². The molecule has 1 aromatic heterocycles. The first-order valence-electron chi connectivity index (χ1n) is 5.02. The fourth-order valence-corrected chi connectivity index (χ4v) is 1.80. The van der Waals surface area contributed by atoms with E-state index >= 15 is 0 Å². The maximum atomic E-state index is 6.01. The molecule has 0 atom stereocenters. The maximum Gasteiger partial charge on any atom is 0.110 e. The summed E-state index contributed by atoms with van der Waals surface area (Å²) in [6.45, 7) is 1.97. The smallest absolute Gasteiger partial charge is 0.110 e. The number of aryl methyl sites for hydroxylation is 1. The molecule has 84 valence electrons. The third-order valence-corrected chi connectivity index (χ3v) is 3.02. The quantitative estimate of drug-likeness (QED) is 0.785. The summed E-state index contributed by atoms with van der Waals surface area (Å²) in [6, 6.07) is 7.71. The van der Waals surface area contributed by atoms with Gasteiger partial charge in [0.1, 0.15) is 5.82 Å². The molecule has 0 aliphatic heterocycles. The number of hydrogen-bond donors (Lipinski definition) is 2. The van der Waals surface area contributed by atoms with Crippen molar-refractivity contribution in [3.63, 3.8) is 0 Å². The van der Waals surface area contributed by atoms with Crippen LogP contribution in [0.1, 0.15) is 5.56 Å². The van der Waals surface area contributed by atoms with E-state index in [9.17, 15) is 0 Å². The van der Waals surface area contributed by atoms with Crippen LogP contribution in [0.5, 0.6) is 0 Å². The topological polar surface area (TPSA) is 45.0 Å². The van der Waals surface area contributed by atoms with Gasteiger partial charge in [-0.1, -0.05) is 11.6 Å². The second-order valence-electron chi connectivity index (χ2n) is 3.77. The highest BCUT2D eigenvalue weighted by Crippen LogP contribution is 2.32. The van der Waals surface area contributed by atoms with Crippen molar-refractivity contribution in [1.82, 2.24) is 4.98 Å². The van der Waals surface area contributed by atoms with Gasteiger partial charge in [-0.05, 0) is 36.8 Å². The minimum Gasteiger partial charge on any atom is -0.397 e. The van der Waals surface area contributed by atoms with Crippen molar-refractivity contribution in [1.29, 1.82) is 0 Å². The van der Waals surface area contributed by atoms with Gasteiger partial charge in [-0.15, -0.1) is 0 Å². The lowest BCUT2D eigenvalue weighted by Crippen LogP contribution is -2.12. The third-order valence-electron chi connectivity index (χ3n) is 2.61. The predicted octanol–water partition coefficient (Wildman–Crippen LogP) is 3.33. The number of nitrogens with zero attached hydrogens (tertiary/aromatic N) is 1. The van der Waals surface area contributed by atoms with E-state index in [1.165, 1.54) is 0 Å². The number of nitrogen functional groups attached to an aromatic ring is 1. The minimum atomic E-state index is 0.674. The van der Waals surface area contributed by atoms with Crippen molar-refractivity contribution >= 4 is 28.8 Å². The zero-order valence-corrected chi connectivity index (χ0v) is 10.0. The molecule has 4 heteroatoms. The lowest BCUT2D eigenvalue weighted by Gasteiger charge is -2.20. The summed E-state index contributed by atoms with van der Waals surface area (Å²) >= 11 is 6.01. The number of H-pyrrole nitrogens is 1. The Morgan fingerprint density at radius 3 is 2.75 bits per heavy atom. The molecule has 0 aliphatic rings. The summed E-state index contributed by atoms with van der Waals surface area (Å²) in [6.07, 6.45) is 1.88. The predicted molar refractivity (Wildman–Crippen MR) is 69.5 cm³/mol. The fraction of sp³-hybridized carbons (Fsp3) is 0.167. The first kappa shape index (κ1) is 10.9. The first-order valence-corrected chi connectivity index (χ1v) is 5.40. The highest BCUT2D eigenvalue weighted by Gasteiger charge is 2.10. The number of rotatable bonds is 2. The highest BCUT2D eigenvalue weighted by atomic mass is 35.5. The Hall–Kier alpha value is -1.61. The Morgan fingerprint density at radius 2 is 2.12 bits per heavy atom. The van der Waals surface area contributed by atoms with E-state index in [0.717, 1.165) is 17.1 Å². The van der Waals surface area contributed by atoms with Crippen molar-refractivity contribution in [3.8, 4) is 0 Å². The van der Waals surface area contributed by atoms with E-state index in [4.69, 9.17) is 17.3 Å². The van der Waals surface area contributed by atoms with Gasteiger partial charge < -0.3 is 15.6 Å². The second-order valence-corrected chi connectivity index (χ2v) is 4.18. The van der Waals surface area contributed by atoms with Gasteiger partial charge in [0.25, 0.3) is 0 Å². The van der Waals surface area contributed by atoms with Gasteiger partial charge in [-0.25, -0.2) is 0 Å². The Labute approximate surface area is 99.8 Å². The van der Waals surface area contributed by atoms with Crippen LogP contribution in [-0.2, 0) is 0 Å². The Kier molecular flexibility index (Phi) is 2.79. The van der Waals surface area contributed by atoms with E-state index in [1.807, 2.05) is 43.3 Å². The molecule has 0 fully saturated rings. The molecule has 3 nitrogen and oxygen atoms in total. The number of aromatic amines is 1. The molecule has 3 N–H and O–H groups in total. The van der Waals surface area contributed by atoms with E-state index in [2.05, 4.69) is 4.98 Å². The van der Waals surface area contributed by atoms with E-state index in [1.54, 1.807) is 6.07 Å². The van der Waals surface area contributed by atoms with Gasteiger partial charge in [0, 0.05) is 18.3 Å². The van der Waals surface area contributed by atoms with Crippen molar-refractivity contribution in [2.75, 3.05) is 17.7 Å². The SMILES string of the molecule is Cc1cc(N(C)c2ccc[nH]2)c(N)cc1Cl. The maximum absolute atomic E-state index is 6.01. The molecule has 2 aromatic rings. The zero-order chi connectivity index (χ0) is 11.7. The molecule has 0 amide bonds. The summed E-state index contributed by atoms with van der Waals surface area (Å²) in [5.74, 6) is 0.994. The van der Waals surface area contributed by atoms with Gasteiger partial charge in [0.05, 0.1) is 11.4 Å². The molecule has 0 saturated carbocycles. The van der Waals surface area contributed by atoms with Crippen molar-refractivity contribution < 1.29 is 0 Å². The molecule has 0 unspecified atom stereocenters. The fourth-order valence-electron chi connectivity index (χ4n) is 1.63. The Bertz CT molecular complexity index is 491. The van der Waals surface area contributed by atoms with Crippen LogP contribution < -0.4 is 10.6 Å². The molecule has 1 heterocycles. The molecule has 0 spiro atoms. The Morgan fingerprint density at radius 1 is 1.38 bits per heavy atom. The van der Waals surface area contributed by atoms with Crippen LogP contribution in [0, 0.1) is 6.92 Å². The molecule has 2 rings (SSSR count). The Balaban J connectivity index is 2.44. The largest absolute Gasteiger partial charge is 0.397 e. The van der Waals surface area contributed by atoms with Crippen molar-refractivity contribution in [2.45, 2.75) is 6.92 Å². The lowest BCUT2D eigenvalue weighted by molar-refractivity contribution is 1.15. The number of nitrogens with one attached hydrogen (secondary N) is 1. The summed E-state index contributed by atoms with van der Waals surface area (Å²) in [5.41, 5.74) is 8.60. The summed E-state index contributed by atoms with van der Waals surface area (Å²) in [5, 5.41) is 0.695. The van der Waals surface area contributed by atoms with Crippen LogP contribution in [0.15, 0.2) is 30.5 Å². The van der Waals surface area contributed by atoms with Crippen LogP contribution in [-0.4, -0.2) is 12.0 Å². The second kappa shape index (κ2) is 4.10. The summed E-state index contributed by atoms with van der Waals surface area (Å²) < 4.78 is 0. The molecular weight excluding hydrogens is 222 g/mol. The standard InChI is InChI=1S/C12H14ClN3/c1-8-6-11(10(14)7-9(8)13)16(2)12-4-3-5-15-12/h3-7,15H,14H2,1-2H3. The van der Waals surface area contributed by atoms with Gasteiger partial charge in [-0.3, -0.25) is 0 Å². The molecule has 0 bridgehead atoms. The summed E-state index contributed by atoms with van der Waals surface area (Å²) in [7, 11) is 1.96. The number of nitrogens with two attached hydrogens (primary N) is 1. The number of aromatic nitrogens is 1. The van der Waals surface area contributed by atoms with E-state index in [-0.39, 0.29) is 0 Å². The van der Waals surface area contributed by atoms with Crippen molar-refractivity contribution in [2.24, 2.45) is 0 Å².